The van der Waals surface area contributed by atoms with E-state index in [-0.39, 0.29) is 11.8 Å². The van der Waals surface area contributed by atoms with Crippen molar-refractivity contribution < 1.29 is 9.59 Å². The highest BCUT2D eigenvalue weighted by molar-refractivity contribution is 6.31. The minimum atomic E-state index is -0.273. The van der Waals surface area contributed by atoms with E-state index in [0.717, 1.165) is 10.8 Å². The first-order valence-electron chi connectivity index (χ1n) is 9.06. The molecule has 0 spiro atoms. The summed E-state index contributed by atoms with van der Waals surface area (Å²) in [5.41, 5.74) is 2.22. The lowest BCUT2D eigenvalue weighted by molar-refractivity contribution is 0.102. The number of hydrogen-bond acceptors (Lipinski definition) is 2. The van der Waals surface area contributed by atoms with Crippen molar-refractivity contribution in [3.63, 3.8) is 0 Å². The van der Waals surface area contributed by atoms with E-state index in [1.807, 2.05) is 36.4 Å². The number of halogens is 1. The molecule has 0 aliphatic heterocycles. The van der Waals surface area contributed by atoms with Crippen molar-refractivity contribution in [3.8, 4) is 0 Å². The Bertz CT molecular complexity index is 1210. The molecule has 2 N–H and O–H groups in total. The van der Waals surface area contributed by atoms with Crippen LogP contribution in [0.5, 0.6) is 0 Å². The van der Waals surface area contributed by atoms with Gasteiger partial charge in [0.05, 0.1) is 0 Å². The molecule has 4 aromatic rings. The van der Waals surface area contributed by atoms with E-state index < -0.39 is 0 Å². The van der Waals surface area contributed by atoms with Gasteiger partial charge in [-0.05, 0) is 53.2 Å². The highest BCUT2D eigenvalue weighted by atomic mass is 35.5. The number of carbonyl (C=O) groups excluding carboxylic acids is 2. The molecule has 29 heavy (non-hydrogen) atoms. The van der Waals surface area contributed by atoms with Crippen LogP contribution in [0, 0.1) is 0 Å². The van der Waals surface area contributed by atoms with Gasteiger partial charge in [0.2, 0.25) is 0 Å². The van der Waals surface area contributed by atoms with E-state index in [4.69, 9.17) is 11.6 Å². The lowest BCUT2D eigenvalue weighted by Gasteiger charge is -2.10. The predicted octanol–water partition coefficient (Wildman–Crippen LogP) is 6.00. The zero-order valence-corrected chi connectivity index (χ0v) is 16.1. The van der Waals surface area contributed by atoms with Crippen LogP contribution in [0.2, 0.25) is 5.02 Å². The van der Waals surface area contributed by atoms with Crippen LogP contribution in [0.3, 0.4) is 0 Å². The summed E-state index contributed by atoms with van der Waals surface area (Å²) in [6.45, 7) is 0. The SMILES string of the molecule is O=C(Nc1cccc(NC(=O)c2cccc3ccccc23)c1)c1cccc(Cl)c1. The molecule has 4 rings (SSSR count). The molecule has 0 bridgehead atoms. The molecule has 4 aromatic carbocycles. The Labute approximate surface area is 173 Å². The second kappa shape index (κ2) is 8.17. The van der Waals surface area contributed by atoms with Gasteiger partial charge in [0, 0.05) is 27.5 Å². The quantitative estimate of drug-likeness (QED) is 0.441. The summed E-state index contributed by atoms with van der Waals surface area (Å²) in [7, 11) is 0. The third-order valence-electron chi connectivity index (χ3n) is 4.50. The van der Waals surface area contributed by atoms with E-state index in [1.165, 1.54) is 0 Å². The summed E-state index contributed by atoms with van der Waals surface area (Å²) in [5, 5.41) is 8.10. The van der Waals surface area contributed by atoms with Crippen molar-refractivity contribution >= 4 is 45.6 Å². The van der Waals surface area contributed by atoms with Gasteiger partial charge in [-0.25, -0.2) is 0 Å². The van der Waals surface area contributed by atoms with Gasteiger partial charge in [0.25, 0.3) is 11.8 Å². The van der Waals surface area contributed by atoms with Crippen LogP contribution in [0.1, 0.15) is 20.7 Å². The summed E-state index contributed by atoms with van der Waals surface area (Å²) in [6.07, 6.45) is 0. The third-order valence-corrected chi connectivity index (χ3v) is 4.73. The third kappa shape index (κ3) is 4.28. The second-order valence-electron chi connectivity index (χ2n) is 6.53. The summed E-state index contributed by atoms with van der Waals surface area (Å²) < 4.78 is 0. The molecule has 0 saturated carbocycles. The first-order valence-corrected chi connectivity index (χ1v) is 9.44. The van der Waals surface area contributed by atoms with Crippen LogP contribution < -0.4 is 10.6 Å². The van der Waals surface area contributed by atoms with Crippen molar-refractivity contribution in [2.24, 2.45) is 0 Å². The Morgan fingerprint density at radius 1 is 0.655 bits per heavy atom. The highest BCUT2D eigenvalue weighted by Gasteiger charge is 2.11. The fraction of sp³-hybridized carbons (Fsp3) is 0. The first-order chi connectivity index (χ1) is 14.1. The van der Waals surface area contributed by atoms with Crippen molar-refractivity contribution in [3.05, 3.63) is 107 Å². The molecule has 4 nitrogen and oxygen atoms in total. The minimum absolute atomic E-state index is 0.208. The van der Waals surface area contributed by atoms with Gasteiger partial charge in [-0.2, -0.15) is 0 Å². The fourth-order valence-corrected chi connectivity index (χ4v) is 3.32. The maximum Gasteiger partial charge on any atom is 0.256 e. The fourth-order valence-electron chi connectivity index (χ4n) is 3.13. The van der Waals surface area contributed by atoms with E-state index >= 15 is 0 Å². The number of rotatable bonds is 4. The lowest BCUT2D eigenvalue weighted by atomic mass is 10.0. The van der Waals surface area contributed by atoms with Gasteiger partial charge in [-0.15, -0.1) is 0 Å². The van der Waals surface area contributed by atoms with Gasteiger partial charge >= 0.3 is 0 Å². The smallest absolute Gasteiger partial charge is 0.256 e. The molecule has 5 heteroatoms. The number of fused-ring (bicyclic) bond motifs is 1. The van der Waals surface area contributed by atoms with E-state index in [9.17, 15) is 9.59 Å². The molecule has 0 heterocycles. The molecule has 0 unspecified atom stereocenters. The Morgan fingerprint density at radius 2 is 1.31 bits per heavy atom. The number of hydrogen-bond donors (Lipinski definition) is 2. The van der Waals surface area contributed by atoms with Gasteiger partial charge in [0.1, 0.15) is 0 Å². The molecule has 0 aliphatic carbocycles. The second-order valence-corrected chi connectivity index (χ2v) is 6.96. The van der Waals surface area contributed by atoms with Crippen LogP contribution in [0.25, 0.3) is 10.8 Å². The average molecular weight is 401 g/mol. The van der Waals surface area contributed by atoms with Crippen molar-refractivity contribution in [1.29, 1.82) is 0 Å². The molecule has 0 atom stereocenters. The summed E-state index contributed by atoms with van der Waals surface area (Å²) >= 11 is 5.95. The van der Waals surface area contributed by atoms with Gasteiger partial charge in [-0.3, -0.25) is 9.59 Å². The van der Waals surface area contributed by atoms with Crippen LogP contribution in [-0.2, 0) is 0 Å². The highest BCUT2D eigenvalue weighted by Crippen LogP contribution is 2.22. The topological polar surface area (TPSA) is 58.2 Å². The number of nitrogens with one attached hydrogen (secondary N) is 2. The predicted molar refractivity (Wildman–Crippen MR) is 118 cm³/mol. The molecule has 2 amide bonds. The summed E-state index contributed by atoms with van der Waals surface area (Å²) in [4.78, 5) is 25.2. The molecule has 0 radical (unpaired) electrons. The molecule has 0 aliphatic rings. The molecular formula is C24H17ClN2O2. The van der Waals surface area contributed by atoms with Crippen molar-refractivity contribution in [1.82, 2.24) is 0 Å². The minimum Gasteiger partial charge on any atom is -0.322 e. The zero-order valence-electron chi connectivity index (χ0n) is 15.4. The average Bonchev–Trinajstić information content (AvgIpc) is 2.73. The maximum absolute atomic E-state index is 12.8. The van der Waals surface area contributed by atoms with E-state index in [1.54, 1.807) is 54.6 Å². The summed E-state index contributed by atoms with van der Waals surface area (Å²) in [6, 6.07) is 27.1. The number of anilines is 2. The van der Waals surface area contributed by atoms with Crippen LogP contribution in [-0.4, -0.2) is 11.8 Å². The molecule has 0 aromatic heterocycles. The number of benzene rings is 4. The number of amides is 2. The largest absolute Gasteiger partial charge is 0.322 e. The Kier molecular flexibility index (Phi) is 5.27. The Balaban J connectivity index is 1.53. The first kappa shape index (κ1) is 18.7. The molecular weight excluding hydrogens is 384 g/mol. The molecule has 142 valence electrons. The zero-order chi connectivity index (χ0) is 20.2. The van der Waals surface area contributed by atoms with Crippen LogP contribution in [0.15, 0.2) is 91.0 Å². The molecule has 0 saturated heterocycles. The lowest BCUT2D eigenvalue weighted by Crippen LogP contribution is -2.14. The maximum atomic E-state index is 12.8. The van der Waals surface area contributed by atoms with E-state index in [2.05, 4.69) is 10.6 Å². The van der Waals surface area contributed by atoms with Crippen LogP contribution >= 0.6 is 11.6 Å². The monoisotopic (exact) mass is 400 g/mol. The Hall–Kier alpha value is -3.63. The normalized spacial score (nSPS) is 10.5. The summed E-state index contributed by atoms with van der Waals surface area (Å²) in [5.74, 6) is -0.481. The number of carbonyl (C=O) groups is 2. The van der Waals surface area contributed by atoms with E-state index in [0.29, 0.717) is 27.5 Å². The van der Waals surface area contributed by atoms with Crippen LogP contribution in [0.4, 0.5) is 11.4 Å². The van der Waals surface area contributed by atoms with Gasteiger partial charge < -0.3 is 10.6 Å². The Morgan fingerprint density at radius 3 is 2.10 bits per heavy atom. The van der Waals surface area contributed by atoms with Crippen molar-refractivity contribution in [2.45, 2.75) is 0 Å². The molecule has 0 fully saturated rings. The van der Waals surface area contributed by atoms with Gasteiger partial charge in [0.15, 0.2) is 0 Å². The van der Waals surface area contributed by atoms with Gasteiger partial charge in [-0.1, -0.05) is 60.1 Å². The standard InChI is InChI=1S/C24H17ClN2O2/c25-18-9-3-8-17(14-18)23(28)26-19-10-5-11-20(15-19)27-24(29)22-13-4-7-16-6-1-2-12-21(16)22/h1-15H,(H,26,28)(H,27,29). The van der Waals surface area contributed by atoms with Crippen molar-refractivity contribution in [2.75, 3.05) is 10.6 Å².